The molecule has 122 valence electrons. The predicted octanol–water partition coefficient (Wildman–Crippen LogP) is 1.31. The predicted molar refractivity (Wildman–Crippen MR) is 83.0 cm³/mol. The number of carbonyl (C=O) groups is 3. The maximum atomic E-state index is 12.7. The first-order chi connectivity index (χ1) is 10.9. The molecular weight excluding hydrogens is 296 g/mol. The molecular formula is C17H20N2O4. The lowest BCUT2D eigenvalue weighted by atomic mass is 10.1. The van der Waals surface area contributed by atoms with Crippen LogP contribution in [0.2, 0.25) is 0 Å². The number of nitrogens with zero attached hydrogens (tertiary/aromatic N) is 2. The molecule has 6 heteroatoms. The maximum Gasteiger partial charge on any atom is 0.262 e. The summed E-state index contributed by atoms with van der Waals surface area (Å²) in [6.07, 6.45) is -0.117. The second-order valence-electron chi connectivity index (χ2n) is 6.20. The third kappa shape index (κ3) is 2.63. The van der Waals surface area contributed by atoms with Crippen molar-refractivity contribution in [2.75, 3.05) is 13.1 Å². The second-order valence-corrected chi connectivity index (χ2v) is 6.20. The Hall–Kier alpha value is -2.21. The van der Waals surface area contributed by atoms with E-state index < -0.39 is 17.9 Å². The summed E-state index contributed by atoms with van der Waals surface area (Å²) in [5.41, 5.74) is 0.724. The highest BCUT2D eigenvalue weighted by Gasteiger charge is 2.42. The molecule has 1 aromatic carbocycles. The molecule has 2 heterocycles. The third-order valence-electron chi connectivity index (χ3n) is 4.30. The molecule has 3 amide bonds. The Morgan fingerprint density at radius 2 is 1.57 bits per heavy atom. The molecule has 1 aromatic rings. The molecule has 0 unspecified atom stereocenters. The van der Waals surface area contributed by atoms with Gasteiger partial charge in [-0.05, 0) is 32.9 Å². The number of ether oxygens (including phenoxy) is 1. The van der Waals surface area contributed by atoms with E-state index in [9.17, 15) is 14.4 Å². The minimum atomic E-state index is -0.820. The quantitative estimate of drug-likeness (QED) is 0.772. The molecule has 3 rings (SSSR count). The van der Waals surface area contributed by atoms with Gasteiger partial charge in [0.05, 0.1) is 23.3 Å². The molecule has 1 fully saturated rings. The van der Waals surface area contributed by atoms with E-state index in [1.54, 1.807) is 36.1 Å². The SMILES string of the molecule is C[C@@H]1CN(C(=O)[C@@H](C)N2C(=O)c3ccccc3C2=O)C[C@H](C)O1. The van der Waals surface area contributed by atoms with Crippen LogP contribution in [0.1, 0.15) is 41.5 Å². The highest BCUT2D eigenvalue weighted by atomic mass is 16.5. The lowest BCUT2D eigenvalue weighted by molar-refractivity contribution is -0.146. The van der Waals surface area contributed by atoms with Crippen LogP contribution in [0.15, 0.2) is 24.3 Å². The van der Waals surface area contributed by atoms with E-state index in [4.69, 9.17) is 4.74 Å². The Labute approximate surface area is 135 Å². The molecule has 2 aliphatic heterocycles. The van der Waals surface area contributed by atoms with Gasteiger partial charge in [0.2, 0.25) is 5.91 Å². The third-order valence-corrected chi connectivity index (χ3v) is 4.30. The van der Waals surface area contributed by atoms with Gasteiger partial charge in [0.1, 0.15) is 6.04 Å². The molecule has 0 saturated carbocycles. The zero-order valence-corrected chi connectivity index (χ0v) is 13.5. The summed E-state index contributed by atoms with van der Waals surface area (Å²) >= 11 is 0. The number of morpholine rings is 1. The summed E-state index contributed by atoms with van der Waals surface area (Å²) in [6.45, 7) is 6.35. The molecule has 0 aromatic heterocycles. The molecule has 1 saturated heterocycles. The van der Waals surface area contributed by atoms with Crippen molar-refractivity contribution < 1.29 is 19.1 Å². The van der Waals surface area contributed by atoms with Crippen molar-refractivity contribution in [1.29, 1.82) is 0 Å². The van der Waals surface area contributed by atoms with E-state index in [-0.39, 0.29) is 18.1 Å². The minimum absolute atomic E-state index is 0.0583. The molecule has 2 aliphatic rings. The monoisotopic (exact) mass is 316 g/mol. The summed E-state index contributed by atoms with van der Waals surface area (Å²) in [5.74, 6) is -1.02. The normalized spacial score (nSPS) is 25.5. The van der Waals surface area contributed by atoms with Gasteiger partial charge in [0.25, 0.3) is 11.8 Å². The van der Waals surface area contributed by atoms with Gasteiger partial charge in [-0.15, -0.1) is 0 Å². The highest BCUT2D eigenvalue weighted by molar-refractivity contribution is 6.22. The van der Waals surface area contributed by atoms with E-state index in [0.717, 1.165) is 4.90 Å². The van der Waals surface area contributed by atoms with E-state index in [1.165, 1.54) is 0 Å². The van der Waals surface area contributed by atoms with Crippen molar-refractivity contribution in [2.45, 2.75) is 39.0 Å². The summed E-state index contributed by atoms with van der Waals surface area (Å²) in [5, 5.41) is 0. The molecule has 0 bridgehead atoms. The number of carbonyl (C=O) groups excluding carboxylic acids is 3. The van der Waals surface area contributed by atoms with E-state index in [2.05, 4.69) is 0 Å². The van der Waals surface area contributed by atoms with Crippen LogP contribution >= 0.6 is 0 Å². The van der Waals surface area contributed by atoms with Crippen LogP contribution in [0.4, 0.5) is 0 Å². The van der Waals surface area contributed by atoms with Gasteiger partial charge in [-0.2, -0.15) is 0 Å². The fourth-order valence-corrected chi connectivity index (χ4v) is 3.29. The van der Waals surface area contributed by atoms with Gasteiger partial charge < -0.3 is 9.64 Å². The Balaban J connectivity index is 1.81. The average molecular weight is 316 g/mol. The van der Waals surface area contributed by atoms with Gasteiger partial charge in [0, 0.05) is 13.1 Å². The number of hydrogen-bond donors (Lipinski definition) is 0. The zero-order chi connectivity index (χ0) is 16.7. The summed E-state index contributed by atoms with van der Waals surface area (Å²) in [7, 11) is 0. The number of amides is 3. The molecule has 23 heavy (non-hydrogen) atoms. The number of rotatable bonds is 2. The van der Waals surface area contributed by atoms with E-state index in [0.29, 0.717) is 24.2 Å². The first kappa shape index (κ1) is 15.7. The lowest BCUT2D eigenvalue weighted by Crippen LogP contribution is -2.55. The van der Waals surface area contributed by atoms with Crippen molar-refractivity contribution in [2.24, 2.45) is 0 Å². The lowest BCUT2D eigenvalue weighted by Gasteiger charge is -2.37. The zero-order valence-electron chi connectivity index (χ0n) is 13.5. The van der Waals surface area contributed by atoms with Crippen LogP contribution < -0.4 is 0 Å². The Bertz CT molecular complexity index is 627. The number of fused-ring (bicyclic) bond motifs is 1. The minimum Gasteiger partial charge on any atom is -0.372 e. The van der Waals surface area contributed by atoms with Crippen molar-refractivity contribution in [1.82, 2.24) is 9.80 Å². The fraction of sp³-hybridized carbons (Fsp3) is 0.471. The Morgan fingerprint density at radius 1 is 1.09 bits per heavy atom. The van der Waals surface area contributed by atoms with Gasteiger partial charge >= 0.3 is 0 Å². The molecule has 0 aliphatic carbocycles. The Morgan fingerprint density at radius 3 is 2.04 bits per heavy atom. The highest BCUT2D eigenvalue weighted by Crippen LogP contribution is 2.25. The van der Waals surface area contributed by atoms with Gasteiger partial charge in [0.15, 0.2) is 0 Å². The van der Waals surface area contributed by atoms with Crippen molar-refractivity contribution in [3.8, 4) is 0 Å². The Kier molecular flexibility index (Phi) is 3.93. The number of benzene rings is 1. The van der Waals surface area contributed by atoms with Gasteiger partial charge in [-0.3, -0.25) is 19.3 Å². The van der Waals surface area contributed by atoms with Gasteiger partial charge in [-0.25, -0.2) is 0 Å². The number of imide groups is 1. The number of hydrogen-bond acceptors (Lipinski definition) is 4. The standard InChI is InChI=1S/C17H20N2O4/c1-10-8-18(9-11(2)23-10)15(20)12(3)19-16(21)13-6-4-5-7-14(13)17(19)22/h4-7,10-12H,8-9H2,1-3H3/t10-,11+,12-/m1/s1. The van der Waals surface area contributed by atoms with Crippen LogP contribution in [0.25, 0.3) is 0 Å². The van der Waals surface area contributed by atoms with E-state index in [1.807, 2.05) is 13.8 Å². The maximum absolute atomic E-state index is 12.7. The molecule has 3 atom stereocenters. The smallest absolute Gasteiger partial charge is 0.262 e. The summed E-state index contributed by atoms with van der Waals surface area (Å²) < 4.78 is 5.62. The van der Waals surface area contributed by atoms with Crippen LogP contribution in [-0.2, 0) is 9.53 Å². The largest absolute Gasteiger partial charge is 0.372 e. The van der Waals surface area contributed by atoms with Crippen molar-refractivity contribution in [3.63, 3.8) is 0 Å². The van der Waals surface area contributed by atoms with Crippen LogP contribution in [0.5, 0.6) is 0 Å². The first-order valence-electron chi connectivity index (χ1n) is 7.81. The molecule has 6 nitrogen and oxygen atoms in total. The van der Waals surface area contributed by atoms with Crippen molar-refractivity contribution in [3.05, 3.63) is 35.4 Å². The summed E-state index contributed by atoms with van der Waals surface area (Å²) in [4.78, 5) is 40.4. The molecule has 0 spiro atoms. The van der Waals surface area contributed by atoms with Crippen LogP contribution in [0, 0.1) is 0 Å². The topological polar surface area (TPSA) is 66.9 Å². The van der Waals surface area contributed by atoms with Crippen LogP contribution in [-0.4, -0.2) is 58.9 Å². The van der Waals surface area contributed by atoms with Crippen LogP contribution in [0.3, 0.4) is 0 Å². The van der Waals surface area contributed by atoms with Gasteiger partial charge in [-0.1, -0.05) is 12.1 Å². The van der Waals surface area contributed by atoms with Crippen molar-refractivity contribution >= 4 is 17.7 Å². The average Bonchev–Trinajstić information content (AvgIpc) is 2.77. The van der Waals surface area contributed by atoms with E-state index >= 15 is 0 Å². The summed E-state index contributed by atoms with van der Waals surface area (Å²) in [6, 6.07) is 5.84. The second kappa shape index (κ2) is 5.77. The first-order valence-corrected chi connectivity index (χ1v) is 7.81. The molecule has 0 radical (unpaired) electrons. The molecule has 0 N–H and O–H groups in total. The fourth-order valence-electron chi connectivity index (χ4n) is 3.29.